The maximum atomic E-state index is 10.7. The molecule has 0 saturated heterocycles. The lowest BCUT2D eigenvalue weighted by Gasteiger charge is -1.96. The van der Waals surface area contributed by atoms with Gasteiger partial charge in [-0.25, -0.2) is 0 Å². The molecule has 0 aliphatic carbocycles. The second kappa shape index (κ2) is 5.11. The second-order valence-corrected chi connectivity index (χ2v) is 3.94. The fraction of sp³-hybridized carbons (Fsp3) is 0.200. The summed E-state index contributed by atoms with van der Waals surface area (Å²) in [6, 6.07) is 4.13. The van der Waals surface area contributed by atoms with Crippen molar-refractivity contribution in [1.29, 1.82) is 0 Å². The normalized spacial score (nSPS) is 10.6. The Morgan fingerprint density at radius 1 is 1.50 bits per heavy atom. The van der Waals surface area contributed by atoms with Crippen LogP contribution in [0.4, 0.5) is 5.69 Å². The number of nitrogens with zero attached hydrogens (tertiary/aromatic N) is 3. The van der Waals surface area contributed by atoms with Gasteiger partial charge in [-0.1, -0.05) is 16.8 Å². The highest BCUT2D eigenvalue weighted by molar-refractivity contribution is 6.31. The van der Waals surface area contributed by atoms with Crippen LogP contribution in [0.25, 0.3) is 11.5 Å². The van der Waals surface area contributed by atoms with Gasteiger partial charge in [0.2, 0.25) is 0 Å². The Balaban J connectivity index is 2.39. The zero-order valence-electron chi connectivity index (χ0n) is 9.38. The quantitative estimate of drug-likeness (QED) is 0.673. The molecule has 0 spiro atoms. The number of nitro benzene ring substituents is 1. The van der Waals surface area contributed by atoms with Crippen molar-refractivity contribution in [2.24, 2.45) is 0 Å². The van der Waals surface area contributed by atoms with Crippen molar-refractivity contribution in [3.63, 3.8) is 0 Å². The van der Waals surface area contributed by atoms with Crippen molar-refractivity contribution >= 4 is 17.3 Å². The summed E-state index contributed by atoms with van der Waals surface area (Å²) in [5, 5.41) is 17.6. The van der Waals surface area contributed by atoms with Crippen LogP contribution in [-0.2, 0) is 6.54 Å². The molecule has 8 heteroatoms. The van der Waals surface area contributed by atoms with Gasteiger partial charge in [0.1, 0.15) is 0 Å². The van der Waals surface area contributed by atoms with Crippen molar-refractivity contribution in [3.8, 4) is 11.5 Å². The van der Waals surface area contributed by atoms with Crippen LogP contribution >= 0.6 is 11.6 Å². The molecule has 2 aromatic rings. The molecule has 7 nitrogen and oxygen atoms in total. The number of benzene rings is 1. The Morgan fingerprint density at radius 2 is 2.28 bits per heavy atom. The molecule has 0 fully saturated rings. The van der Waals surface area contributed by atoms with E-state index in [4.69, 9.17) is 16.1 Å². The first kappa shape index (κ1) is 12.5. The van der Waals surface area contributed by atoms with Gasteiger partial charge in [0.25, 0.3) is 11.6 Å². The number of halogens is 1. The molecule has 0 unspecified atom stereocenters. The summed E-state index contributed by atoms with van der Waals surface area (Å²) >= 11 is 5.81. The van der Waals surface area contributed by atoms with Crippen molar-refractivity contribution in [2.75, 3.05) is 7.05 Å². The third-order valence-corrected chi connectivity index (χ3v) is 2.36. The third-order valence-electron chi connectivity index (χ3n) is 2.14. The molecule has 2 rings (SSSR count). The Labute approximate surface area is 107 Å². The highest BCUT2D eigenvalue weighted by atomic mass is 35.5. The molecule has 1 N–H and O–H groups in total. The molecular weight excluding hydrogens is 260 g/mol. The van der Waals surface area contributed by atoms with E-state index in [2.05, 4.69) is 15.5 Å². The van der Waals surface area contributed by atoms with Crippen LogP contribution in [0.15, 0.2) is 22.7 Å². The molecular formula is C10H9ClN4O3. The zero-order valence-corrected chi connectivity index (χ0v) is 10.1. The molecule has 1 aromatic heterocycles. The van der Waals surface area contributed by atoms with E-state index in [0.717, 1.165) is 0 Å². The first-order valence-corrected chi connectivity index (χ1v) is 5.40. The Hall–Kier alpha value is -1.99. The molecule has 0 saturated carbocycles. The number of nitrogens with one attached hydrogen (secondary N) is 1. The van der Waals surface area contributed by atoms with Crippen molar-refractivity contribution in [3.05, 3.63) is 39.2 Å². The van der Waals surface area contributed by atoms with Gasteiger partial charge in [0, 0.05) is 22.7 Å². The standard InChI is InChI=1S/C10H9ClN4O3/c1-12-5-9-13-10(18-14-9)6-2-7(11)4-8(3-6)15(16)17/h2-4,12H,5H2,1H3. The Morgan fingerprint density at radius 3 is 2.94 bits per heavy atom. The lowest BCUT2D eigenvalue weighted by molar-refractivity contribution is -0.384. The van der Waals surface area contributed by atoms with Crippen LogP contribution in [0.5, 0.6) is 0 Å². The minimum absolute atomic E-state index is 0.120. The first-order chi connectivity index (χ1) is 8.60. The molecule has 0 bridgehead atoms. The largest absolute Gasteiger partial charge is 0.334 e. The molecule has 0 aliphatic rings. The number of nitro groups is 1. The monoisotopic (exact) mass is 268 g/mol. The molecule has 0 atom stereocenters. The van der Waals surface area contributed by atoms with Gasteiger partial charge in [-0.2, -0.15) is 4.98 Å². The van der Waals surface area contributed by atoms with Crippen LogP contribution in [0.2, 0.25) is 5.02 Å². The lowest BCUT2D eigenvalue weighted by atomic mass is 10.2. The van der Waals surface area contributed by atoms with Crippen molar-refractivity contribution in [1.82, 2.24) is 15.5 Å². The van der Waals surface area contributed by atoms with Crippen LogP contribution in [0.1, 0.15) is 5.82 Å². The van der Waals surface area contributed by atoms with Crippen molar-refractivity contribution in [2.45, 2.75) is 6.54 Å². The highest BCUT2D eigenvalue weighted by Crippen LogP contribution is 2.27. The summed E-state index contributed by atoms with van der Waals surface area (Å²) in [6.07, 6.45) is 0. The maximum Gasteiger partial charge on any atom is 0.271 e. The predicted molar refractivity (Wildman–Crippen MR) is 64.2 cm³/mol. The summed E-state index contributed by atoms with van der Waals surface area (Å²) in [6.45, 7) is 0.451. The average Bonchev–Trinajstić information content (AvgIpc) is 2.77. The van der Waals surface area contributed by atoms with E-state index in [-0.39, 0.29) is 16.6 Å². The van der Waals surface area contributed by atoms with Crippen LogP contribution in [0.3, 0.4) is 0 Å². The summed E-state index contributed by atoms with van der Waals surface area (Å²) < 4.78 is 5.01. The Bertz CT molecular complexity index is 584. The third kappa shape index (κ3) is 2.63. The smallest absolute Gasteiger partial charge is 0.271 e. The number of hydrogen-bond acceptors (Lipinski definition) is 6. The van der Waals surface area contributed by atoms with Gasteiger partial charge >= 0.3 is 0 Å². The molecule has 0 aliphatic heterocycles. The number of hydrogen-bond donors (Lipinski definition) is 1. The fourth-order valence-corrected chi connectivity index (χ4v) is 1.63. The number of rotatable bonds is 4. The average molecular weight is 269 g/mol. The van der Waals surface area contributed by atoms with Gasteiger partial charge in [0.15, 0.2) is 5.82 Å². The minimum Gasteiger partial charge on any atom is -0.334 e. The van der Waals surface area contributed by atoms with Crippen LogP contribution in [0, 0.1) is 10.1 Å². The van der Waals surface area contributed by atoms with Gasteiger partial charge in [-0.05, 0) is 13.1 Å². The van der Waals surface area contributed by atoms with Gasteiger partial charge in [-0.3, -0.25) is 10.1 Å². The van der Waals surface area contributed by atoms with Gasteiger partial charge in [0.05, 0.1) is 11.5 Å². The first-order valence-electron chi connectivity index (χ1n) is 5.02. The number of aromatic nitrogens is 2. The highest BCUT2D eigenvalue weighted by Gasteiger charge is 2.14. The minimum atomic E-state index is -0.528. The van der Waals surface area contributed by atoms with E-state index < -0.39 is 4.92 Å². The fourth-order valence-electron chi connectivity index (χ4n) is 1.40. The second-order valence-electron chi connectivity index (χ2n) is 3.50. The lowest BCUT2D eigenvalue weighted by Crippen LogP contribution is -2.06. The summed E-state index contributed by atoms with van der Waals surface area (Å²) in [7, 11) is 1.75. The van der Waals surface area contributed by atoms with E-state index >= 15 is 0 Å². The molecule has 0 radical (unpaired) electrons. The summed E-state index contributed by atoms with van der Waals surface area (Å²) in [4.78, 5) is 14.3. The van der Waals surface area contributed by atoms with E-state index in [0.29, 0.717) is 17.9 Å². The van der Waals surface area contributed by atoms with Crippen molar-refractivity contribution < 1.29 is 9.45 Å². The summed E-state index contributed by atoms with van der Waals surface area (Å²) in [5.41, 5.74) is 0.301. The maximum absolute atomic E-state index is 10.7. The summed E-state index contributed by atoms with van der Waals surface area (Å²) in [5.74, 6) is 0.668. The van der Waals surface area contributed by atoms with Crippen LogP contribution < -0.4 is 5.32 Å². The van der Waals surface area contributed by atoms with Gasteiger partial charge in [-0.15, -0.1) is 0 Å². The number of non-ortho nitro benzene ring substituents is 1. The van der Waals surface area contributed by atoms with Gasteiger partial charge < -0.3 is 9.84 Å². The molecule has 18 heavy (non-hydrogen) atoms. The van der Waals surface area contributed by atoms with E-state index in [1.54, 1.807) is 7.05 Å². The van der Waals surface area contributed by atoms with E-state index in [9.17, 15) is 10.1 Å². The zero-order chi connectivity index (χ0) is 13.1. The molecule has 1 heterocycles. The molecule has 0 amide bonds. The topological polar surface area (TPSA) is 94.1 Å². The predicted octanol–water partition coefficient (Wildman–Crippen LogP) is 2.02. The van der Waals surface area contributed by atoms with Crippen LogP contribution in [-0.4, -0.2) is 22.1 Å². The Kier molecular flexibility index (Phi) is 3.54. The van der Waals surface area contributed by atoms with E-state index in [1.165, 1.54) is 18.2 Å². The molecule has 1 aromatic carbocycles. The van der Waals surface area contributed by atoms with E-state index in [1.807, 2.05) is 0 Å². The molecule has 94 valence electrons. The SMILES string of the molecule is CNCc1noc(-c2cc(Cl)cc([N+](=O)[O-])c2)n1.